The van der Waals surface area contributed by atoms with Crippen molar-refractivity contribution in [1.29, 1.82) is 0 Å². The molecule has 0 saturated carbocycles. The Morgan fingerprint density at radius 2 is 2.25 bits per heavy atom. The summed E-state index contributed by atoms with van der Waals surface area (Å²) in [6, 6.07) is 6.11. The number of nitrogens with zero attached hydrogens (tertiary/aromatic N) is 2. The number of benzene rings is 1. The summed E-state index contributed by atoms with van der Waals surface area (Å²) < 4.78 is 7.33. The summed E-state index contributed by atoms with van der Waals surface area (Å²) in [7, 11) is 0. The molecule has 0 atom stereocenters. The molecule has 2 N–H and O–H groups in total. The lowest BCUT2D eigenvalue weighted by Gasteiger charge is -2.06. The number of aryl methyl sites for hydroxylation is 1. The smallest absolute Gasteiger partial charge is 0.201 e. The third kappa shape index (κ3) is 1.88. The van der Waals surface area contributed by atoms with E-state index in [0.29, 0.717) is 12.6 Å². The van der Waals surface area contributed by atoms with E-state index in [1.165, 1.54) is 0 Å². The summed E-state index contributed by atoms with van der Waals surface area (Å²) in [5, 5.41) is 0. The number of imidazole rings is 1. The summed E-state index contributed by atoms with van der Waals surface area (Å²) in [6.07, 6.45) is 0. The largest absolute Gasteiger partial charge is 0.380 e. The highest BCUT2D eigenvalue weighted by Gasteiger charge is 2.08. The summed E-state index contributed by atoms with van der Waals surface area (Å²) >= 11 is 0. The van der Waals surface area contributed by atoms with E-state index in [2.05, 4.69) is 4.98 Å². The molecule has 0 aliphatic rings. The third-order valence-corrected chi connectivity index (χ3v) is 2.67. The predicted molar refractivity (Wildman–Crippen MR) is 65.4 cm³/mol. The zero-order valence-electron chi connectivity index (χ0n) is 9.73. The molecule has 0 aliphatic carbocycles. The number of hydrogen-bond donors (Lipinski definition) is 1. The fraction of sp³-hybridized carbons (Fsp3) is 0.417. The van der Waals surface area contributed by atoms with E-state index in [4.69, 9.17) is 10.5 Å². The van der Waals surface area contributed by atoms with Crippen molar-refractivity contribution in [3.63, 3.8) is 0 Å². The summed E-state index contributed by atoms with van der Waals surface area (Å²) in [4.78, 5) is 4.38. The number of fused-ring (bicyclic) bond motifs is 1. The van der Waals surface area contributed by atoms with Gasteiger partial charge in [-0.1, -0.05) is 12.1 Å². The Morgan fingerprint density at radius 3 is 3.00 bits per heavy atom. The monoisotopic (exact) mass is 219 g/mol. The molecule has 0 spiro atoms. The Hall–Kier alpha value is -1.55. The molecule has 1 aromatic heterocycles. The number of ether oxygens (including phenoxy) is 1. The van der Waals surface area contributed by atoms with E-state index in [0.717, 1.165) is 29.7 Å². The Bertz CT molecular complexity index is 490. The molecular weight excluding hydrogens is 202 g/mol. The molecule has 0 aliphatic heterocycles. The number of rotatable bonds is 4. The Labute approximate surface area is 95.0 Å². The van der Waals surface area contributed by atoms with Gasteiger partial charge in [-0.15, -0.1) is 0 Å². The third-order valence-electron chi connectivity index (χ3n) is 2.67. The molecule has 2 aromatic rings. The number of nitrogen functional groups attached to an aromatic ring is 1. The van der Waals surface area contributed by atoms with Gasteiger partial charge in [0.15, 0.2) is 0 Å². The van der Waals surface area contributed by atoms with Crippen LogP contribution in [0.1, 0.15) is 12.5 Å². The zero-order chi connectivity index (χ0) is 11.5. The number of para-hydroxylation sites is 1. The van der Waals surface area contributed by atoms with Gasteiger partial charge >= 0.3 is 0 Å². The first-order valence-corrected chi connectivity index (χ1v) is 5.53. The molecule has 4 heteroatoms. The van der Waals surface area contributed by atoms with Crippen molar-refractivity contribution in [2.45, 2.75) is 20.4 Å². The molecule has 0 amide bonds. The summed E-state index contributed by atoms with van der Waals surface area (Å²) in [5.74, 6) is 0.559. The molecule has 0 bridgehead atoms. The maximum Gasteiger partial charge on any atom is 0.201 e. The minimum atomic E-state index is 0.559. The van der Waals surface area contributed by atoms with E-state index < -0.39 is 0 Å². The van der Waals surface area contributed by atoms with E-state index in [9.17, 15) is 0 Å². The van der Waals surface area contributed by atoms with Gasteiger partial charge in [0.1, 0.15) is 0 Å². The normalized spacial score (nSPS) is 11.1. The van der Waals surface area contributed by atoms with Crippen molar-refractivity contribution < 1.29 is 4.74 Å². The van der Waals surface area contributed by atoms with Gasteiger partial charge in [-0.3, -0.25) is 0 Å². The molecule has 86 valence electrons. The fourth-order valence-corrected chi connectivity index (χ4v) is 1.84. The lowest BCUT2D eigenvalue weighted by atomic mass is 10.2. The number of nitrogens with two attached hydrogens (primary N) is 1. The standard InChI is InChI=1S/C12H17N3O/c1-3-16-8-7-15-10-6-4-5-9(2)11(10)14-12(15)13/h4-6H,3,7-8H2,1-2H3,(H2,13,14). The van der Waals surface area contributed by atoms with Crippen molar-refractivity contribution in [1.82, 2.24) is 9.55 Å². The molecular formula is C12H17N3O. The van der Waals surface area contributed by atoms with Crippen LogP contribution in [0.15, 0.2) is 18.2 Å². The minimum absolute atomic E-state index is 0.559. The first-order valence-electron chi connectivity index (χ1n) is 5.53. The van der Waals surface area contributed by atoms with Crippen LogP contribution in [-0.2, 0) is 11.3 Å². The molecule has 2 rings (SSSR count). The van der Waals surface area contributed by atoms with E-state index in [1.807, 2.05) is 36.6 Å². The van der Waals surface area contributed by atoms with Crippen molar-refractivity contribution in [3.8, 4) is 0 Å². The maximum absolute atomic E-state index is 5.90. The van der Waals surface area contributed by atoms with Crippen molar-refractivity contribution >= 4 is 17.0 Å². The molecule has 4 nitrogen and oxygen atoms in total. The quantitative estimate of drug-likeness (QED) is 0.800. The molecule has 0 saturated heterocycles. The number of hydrogen-bond acceptors (Lipinski definition) is 3. The van der Waals surface area contributed by atoms with Crippen LogP contribution in [0.4, 0.5) is 5.95 Å². The van der Waals surface area contributed by atoms with Crippen LogP contribution in [0.25, 0.3) is 11.0 Å². The van der Waals surface area contributed by atoms with Crippen LogP contribution >= 0.6 is 0 Å². The summed E-state index contributed by atoms with van der Waals surface area (Å²) in [6.45, 7) is 6.17. The molecule has 0 fully saturated rings. The van der Waals surface area contributed by atoms with Crippen LogP contribution < -0.4 is 5.73 Å². The summed E-state index contributed by atoms with van der Waals surface area (Å²) in [5.41, 5.74) is 9.12. The molecule has 16 heavy (non-hydrogen) atoms. The molecule has 0 radical (unpaired) electrons. The van der Waals surface area contributed by atoms with Crippen LogP contribution in [0.3, 0.4) is 0 Å². The second-order valence-corrected chi connectivity index (χ2v) is 3.76. The number of anilines is 1. The second-order valence-electron chi connectivity index (χ2n) is 3.76. The maximum atomic E-state index is 5.90. The van der Waals surface area contributed by atoms with Gasteiger partial charge in [0.2, 0.25) is 5.95 Å². The Kier molecular flexibility index (Phi) is 3.10. The lowest BCUT2D eigenvalue weighted by Crippen LogP contribution is -2.08. The first-order chi connectivity index (χ1) is 7.74. The van der Waals surface area contributed by atoms with Crippen LogP contribution in [0.5, 0.6) is 0 Å². The van der Waals surface area contributed by atoms with Crippen molar-refractivity contribution in [2.24, 2.45) is 0 Å². The van der Waals surface area contributed by atoms with E-state index in [-0.39, 0.29) is 0 Å². The van der Waals surface area contributed by atoms with Gasteiger partial charge in [-0.25, -0.2) is 4.98 Å². The van der Waals surface area contributed by atoms with Gasteiger partial charge in [-0.2, -0.15) is 0 Å². The van der Waals surface area contributed by atoms with Gasteiger partial charge < -0.3 is 15.0 Å². The van der Waals surface area contributed by atoms with E-state index in [1.54, 1.807) is 0 Å². The van der Waals surface area contributed by atoms with Crippen molar-refractivity contribution in [3.05, 3.63) is 23.8 Å². The highest BCUT2D eigenvalue weighted by Crippen LogP contribution is 2.20. The van der Waals surface area contributed by atoms with Crippen LogP contribution in [0, 0.1) is 6.92 Å². The lowest BCUT2D eigenvalue weighted by molar-refractivity contribution is 0.140. The zero-order valence-corrected chi connectivity index (χ0v) is 9.73. The Morgan fingerprint density at radius 1 is 1.44 bits per heavy atom. The van der Waals surface area contributed by atoms with Crippen molar-refractivity contribution in [2.75, 3.05) is 18.9 Å². The molecule has 0 unspecified atom stereocenters. The average molecular weight is 219 g/mol. The second kappa shape index (κ2) is 4.53. The minimum Gasteiger partial charge on any atom is -0.380 e. The average Bonchev–Trinajstić information content (AvgIpc) is 2.58. The van der Waals surface area contributed by atoms with E-state index >= 15 is 0 Å². The topological polar surface area (TPSA) is 53.1 Å². The molecule has 1 aromatic carbocycles. The van der Waals surface area contributed by atoms with Gasteiger partial charge in [0, 0.05) is 13.2 Å². The highest BCUT2D eigenvalue weighted by molar-refractivity contribution is 5.81. The van der Waals surface area contributed by atoms with Crippen LogP contribution in [0.2, 0.25) is 0 Å². The SMILES string of the molecule is CCOCCn1c(N)nc2c(C)cccc21. The fourth-order valence-electron chi connectivity index (χ4n) is 1.84. The number of aromatic nitrogens is 2. The van der Waals surface area contributed by atoms with Gasteiger partial charge in [0.25, 0.3) is 0 Å². The Balaban J connectivity index is 2.36. The van der Waals surface area contributed by atoms with Crippen LogP contribution in [-0.4, -0.2) is 22.8 Å². The van der Waals surface area contributed by atoms with Gasteiger partial charge in [-0.05, 0) is 25.5 Å². The first kappa shape index (κ1) is 11.0. The predicted octanol–water partition coefficient (Wildman–Crippen LogP) is 1.96. The molecule has 1 heterocycles. The highest BCUT2D eigenvalue weighted by atomic mass is 16.5. The van der Waals surface area contributed by atoms with Gasteiger partial charge in [0.05, 0.1) is 17.6 Å².